The second-order valence-corrected chi connectivity index (χ2v) is 6.04. The molecule has 0 aliphatic heterocycles. The van der Waals surface area contributed by atoms with E-state index in [-0.39, 0.29) is 12.2 Å². The lowest BCUT2D eigenvalue weighted by Gasteiger charge is -2.15. The molecule has 0 aliphatic rings. The van der Waals surface area contributed by atoms with Crippen LogP contribution in [0.1, 0.15) is 19.3 Å². The third-order valence-corrected chi connectivity index (χ3v) is 2.95. The highest BCUT2D eigenvalue weighted by Gasteiger charge is 2.05. The highest BCUT2D eigenvalue weighted by atomic mass is 32.2. The van der Waals surface area contributed by atoms with Crippen LogP contribution < -0.4 is 0 Å². The second-order valence-electron chi connectivity index (χ2n) is 3.78. The summed E-state index contributed by atoms with van der Waals surface area (Å²) in [5, 5.41) is 8.40. The van der Waals surface area contributed by atoms with Crippen LogP contribution in [-0.2, 0) is 14.6 Å². The van der Waals surface area contributed by atoms with E-state index in [2.05, 4.69) is 0 Å². The molecule has 0 aromatic carbocycles. The first-order chi connectivity index (χ1) is 6.81. The van der Waals surface area contributed by atoms with Crippen LogP contribution in [0.25, 0.3) is 0 Å². The summed E-state index contributed by atoms with van der Waals surface area (Å²) in [6.07, 6.45) is 2.82. The standard InChI is InChI=1S/C9H19NO4S/c1-10(7-8-15(2,13)14)6-4-3-5-9(11)12/h3-8H2,1-2H3,(H,11,12). The summed E-state index contributed by atoms with van der Waals surface area (Å²) in [5.74, 6) is -0.628. The molecule has 0 aromatic rings. The summed E-state index contributed by atoms with van der Waals surface area (Å²) in [6, 6.07) is 0. The molecule has 15 heavy (non-hydrogen) atoms. The number of aliphatic carboxylic acids is 1. The van der Waals surface area contributed by atoms with Gasteiger partial charge in [0.1, 0.15) is 9.84 Å². The summed E-state index contributed by atoms with van der Waals surface area (Å²) in [6.45, 7) is 1.24. The van der Waals surface area contributed by atoms with Gasteiger partial charge in [-0.05, 0) is 26.4 Å². The molecular weight excluding hydrogens is 218 g/mol. The molecule has 0 unspecified atom stereocenters. The Balaban J connectivity index is 3.50. The minimum absolute atomic E-state index is 0.155. The maximum absolute atomic E-state index is 10.9. The number of carboxylic acid groups (broad SMARTS) is 1. The molecule has 90 valence electrons. The quantitative estimate of drug-likeness (QED) is 0.611. The molecule has 0 saturated carbocycles. The number of hydrogen-bond acceptors (Lipinski definition) is 4. The van der Waals surface area contributed by atoms with Gasteiger partial charge in [-0.2, -0.15) is 0 Å². The smallest absolute Gasteiger partial charge is 0.303 e. The lowest BCUT2D eigenvalue weighted by Crippen LogP contribution is -2.26. The Hall–Kier alpha value is -0.620. The third kappa shape index (κ3) is 11.3. The van der Waals surface area contributed by atoms with E-state index < -0.39 is 15.8 Å². The minimum atomic E-state index is -2.90. The van der Waals surface area contributed by atoms with Crippen molar-refractivity contribution in [2.45, 2.75) is 19.3 Å². The molecule has 0 heterocycles. The molecule has 0 aliphatic carbocycles. The molecule has 0 spiro atoms. The number of sulfone groups is 1. The normalized spacial score (nSPS) is 11.9. The fourth-order valence-electron chi connectivity index (χ4n) is 1.09. The van der Waals surface area contributed by atoms with E-state index in [0.717, 1.165) is 13.0 Å². The molecule has 0 saturated heterocycles. The molecule has 5 nitrogen and oxygen atoms in total. The first-order valence-corrected chi connectivity index (χ1v) is 6.95. The molecule has 0 atom stereocenters. The van der Waals surface area contributed by atoms with E-state index in [1.807, 2.05) is 11.9 Å². The number of carbonyl (C=O) groups is 1. The van der Waals surface area contributed by atoms with Gasteiger partial charge in [0.25, 0.3) is 0 Å². The van der Waals surface area contributed by atoms with Gasteiger partial charge in [-0.15, -0.1) is 0 Å². The van der Waals surface area contributed by atoms with E-state index in [4.69, 9.17) is 5.11 Å². The van der Waals surface area contributed by atoms with E-state index >= 15 is 0 Å². The SMILES string of the molecule is CN(CCCCC(=O)O)CCS(C)(=O)=O. The van der Waals surface area contributed by atoms with E-state index in [9.17, 15) is 13.2 Å². The Morgan fingerprint density at radius 1 is 1.27 bits per heavy atom. The van der Waals surface area contributed by atoms with Crippen molar-refractivity contribution in [1.29, 1.82) is 0 Å². The topological polar surface area (TPSA) is 74.7 Å². The van der Waals surface area contributed by atoms with Gasteiger partial charge in [-0.3, -0.25) is 4.79 Å². The van der Waals surface area contributed by atoms with Gasteiger partial charge in [0.15, 0.2) is 0 Å². The van der Waals surface area contributed by atoms with Crippen molar-refractivity contribution >= 4 is 15.8 Å². The van der Waals surface area contributed by atoms with Crippen LogP contribution >= 0.6 is 0 Å². The number of carboxylic acids is 1. The summed E-state index contributed by atoms with van der Waals surface area (Å²) >= 11 is 0. The Labute approximate surface area is 91.0 Å². The van der Waals surface area contributed by atoms with Crippen molar-refractivity contribution in [3.8, 4) is 0 Å². The minimum Gasteiger partial charge on any atom is -0.481 e. The zero-order valence-corrected chi connectivity index (χ0v) is 10.1. The monoisotopic (exact) mass is 237 g/mol. The van der Waals surface area contributed by atoms with Gasteiger partial charge in [0.2, 0.25) is 0 Å². The Morgan fingerprint density at radius 3 is 2.33 bits per heavy atom. The van der Waals surface area contributed by atoms with Gasteiger partial charge in [-0.1, -0.05) is 0 Å². The number of hydrogen-bond donors (Lipinski definition) is 1. The molecule has 0 rings (SSSR count). The highest BCUT2D eigenvalue weighted by molar-refractivity contribution is 7.90. The molecular formula is C9H19NO4S. The number of unbranched alkanes of at least 4 members (excludes halogenated alkanes) is 1. The van der Waals surface area contributed by atoms with Gasteiger partial charge in [0, 0.05) is 19.2 Å². The molecule has 0 aromatic heterocycles. The van der Waals surface area contributed by atoms with Crippen molar-refractivity contribution in [1.82, 2.24) is 4.90 Å². The van der Waals surface area contributed by atoms with Crippen LogP contribution in [0.5, 0.6) is 0 Å². The van der Waals surface area contributed by atoms with Crippen LogP contribution in [0, 0.1) is 0 Å². The van der Waals surface area contributed by atoms with Crippen molar-refractivity contribution in [2.75, 3.05) is 32.1 Å². The number of nitrogens with zero attached hydrogens (tertiary/aromatic N) is 1. The van der Waals surface area contributed by atoms with E-state index in [1.54, 1.807) is 0 Å². The molecule has 0 bridgehead atoms. The maximum atomic E-state index is 10.9. The van der Waals surface area contributed by atoms with E-state index in [1.165, 1.54) is 6.26 Å². The summed E-state index contributed by atoms with van der Waals surface area (Å²) in [4.78, 5) is 12.1. The molecule has 0 fully saturated rings. The fourth-order valence-corrected chi connectivity index (χ4v) is 1.73. The zero-order valence-electron chi connectivity index (χ0n) is 9.27. The average molecular weight is 237 g/mol. The lowest BCUT2D eigenvalue weighted by molar-refractivity contribution is -0.137. The molecule has 1 N–H and O–H groups in total. The molecule has 6 heteroatoms. The molecule has 0 amide bonds. The molecule has 0 radical (unpaired) electrons. The first-order valence-electron chi connectivity index (χ1n) is 4.89. The predicted octanol–water partition coefficient (Wildman–Crippen LogP) is 0.218. The zero-order chi connectivity index (χ0) is 11.9. The van der Waals surface area contributed by atoms with Crippen molar-refractivity contribution in [3.63, 3.8) is 0 Å². The third-order valence-electron chi connectivity index (χ3n) is 2.02. The number of rotatable bonds is 8. The maximum Gasteiger partial charge on any atom is 0.303 e. The van der Waals surface area contributed by atoms with Gasteiger partial charge in [-0.25, -0.2) is 8.42 Å². The Morgan fingerprint density at radius 2 is 1.87 bits per heavy atom. The van der Waals surface area contributed by atoms with Crippen LogP contribution in [0.15, 0.2) is 0 Å². The van der Waals surface area contributed by atoms with Crippen LogP contribution in [-0.4, -0.2) is 56.5 Å². The summed E-state index contributed by atoms with van der Waals surface area (Å²) in [7, 11) is -1.06. The summed E-state index contributed by atoms with van der Waals surface area (Å²) in [5.41, 5.74) is 0. The van der Waals surface area contributed by atoms with E-state index in [0.29, 0.717) is 13.0 Å². The second kappa shape index (κ2) is 6.79. The van der Waals surface area contributed by atoms with Crippen LogP contribution in [0.3, 0.4) is 0 Å². The highest BCUT2D eigenvalue weighted by Crippen LogP contribution is 1.97. The van der Waals surface area contributed by atoms with Crippen molar-refractivity contribution < 1.29 is 18.3 Å². The van der Waals surface area contributed by atoms with Crippen LogP contribution in [0.2, 0.25) is 0 Å². The Kier molecular flexibility index (Phi) is 6.51. The fraction of sp³-hybridized carbons (Fsp3) is 0.889. The van der Waals surface area contributed by atoms with Crippen molar-refractivity contribution in [3.05, 3.63) is 0 Å². The summed E-state index contributed by atoms with van der Waals surface area (Å²) < 4.78 is 21.7. The van der Waals surface area contributed by atoms with Crippen LogP contribution in [0.4, 0.5) is 0 Å². The predicted molar refractivity (Wildman–Crippen MR) is 58.7 cm³/mol. The first kappa shape index (κ1) is 14.4. The van der Waals surface area contributed by atoms with Gasteiger partial charge in [0.05, 0.1) is 5.75 Å². The lowest BCUT2D eigenvalue weighted by atomic mass is 10.2. The Bertz CT molecular complexity index is 286. The van der Waals surface area contributed by atoms with Gasteiger partial charge >= 0.3 is 5.97 Å². The van der Waals surface area contributed by atoms with Gasteiger partial charge < -0.3 is 10.0 Å². The largest absolute Gasteiger partial charge is 0.481 e. The average Bonchev–Trinajstić information content (AvgIpc) is 2.07. The van der Waals surface area contributed by atoms with Crippen molar-refractivity contribution in [2.24, 2.45) is 0 Å².